The summed E-state index contributed by atoms with van der Waals surface area (Å²) in [7, 11) is 0. The lowest BCUT2D eigenvalue weighted by atomic mass is 9.81. The Bertz CT molecular complexity index is 1820. The van der Waals surface area contributed by atoms with Gasteiger partial charge in [0.1, 0.15) is 11.6 Å². The quantitative estimate of drug-likeness (QED) is 0.198. The smallest absolute Gasteiger partial charge is 0.411 e. The third-order valence-corrected chi connectivity index (χ3v) is 12.0. The summed E-state index contributed by atoms with van der Waals surface area (Å²) in [6, 6.07) is 18.1. The SMILES string of the molecule is Cc1ccc(C)c(OCCc2ccc(C3=C(C(=O)N(CCc4ccc(F)cc4)C4CC4)C4CNCC(C3)N4C(=O)OC(C)(C)C(Cl)(Cl)Cl)cc2)c1C. The minimum absolute atomic E-state index is 0.0997. The number of rotatable bonds is 11. The van der Waals surface area contributed by atoms with E-state index in [4.69, 9.17) is 44.3 Å². The van der Waals surface area contributed by atoms with Crippen molar-refractivity contribution in [3.8, 4) is 5.75 Å². The maximum atomic E-state index is 14.9. The number of nitrogens with one attached hydrogen (secondary N) is 1. The predicted molar refractivity (Wildman–Crippen MR) is 206 cm³/mol. The first-order chi connectivity index (χ1) is 24.6. The van der Waals surface area contributed by atoms with Crippen molar-refractivity contribution in [1.82, 2.24) is 15.1 Å². The van der Waals surface area contributed by atoms with E-state index in [1.165, 1.54) is 17.7 Å². The van der Waals surface area contributed by atoms with Crippen molar-refractivity contribution < 1.29 is 23.5 Å². The summed E-state index contributed by atoms with van der Waals surface area (Å²) in [5.74, 6) is 0.536. The molecule has 3 aliphatic rings. The molecule has 11 heteroatoms. The van der Waals surface area contributed by atoms with Gasteiger partial charge in [0.2, 0.25) is 3.79 Å². The molecule has 2 bridgehead atoms. The van der Waals surface area contributed by atoms with Gasteiger partial charge >= 0.3 is 6.09 Å². The van der Waals surface area contributed by atoms with Gasteiger partial charge in [-0.1, -0.05) is 83.3 Å². The van der Waals surface area contributed by atoms with Gasteiger partial charge in [0.25, 0.3) is 5.91 Å². The van der Waals surface area contributed by atoms with Crippen LogP contribution in [0.3, 0.4) is 0 Å². The molecule has 0 spiro atoms. The molecule has 2 atom stereocenters. The van der Waals surface area contributed by atoms with Crippen LogP contribution in [0.25, 0.3) is 5.57 Å². The van der Waals surface area contributed by atoms with Crippen LogP contribution in [0.1, 0.15) is 66.5 Å². The Labute approximate surface area is 321 Å². The van der Waals surface area contributed by atoms with Crippen molar-refractivity contribution in [3.63, 3.8) is 0 Å². The van der Waals surface area contributed by atoms with E-state index in [9.17, 15) is 14.0 Å². The zero-order chi connectivity index (χ0) is 37.4. The maximum absolute atomic E-state index is 14.9. The van der Waals surface area contributed by atoms with Gasteiger partial charge in [-0.05, 0) is 111 Å². The van der Waals surface area contributed by atoms with Crippen molar-refractivity contribution in [2.45, 2.75) is 94.2 Å². The van der Waals surface area contributed by atoms with E-state index in [1.807, 2.05) is 4.90 Å². The summed E-state index contributed by atoms with van der Waals surface area (Å²) < 4.78 is 23.9. The van der Waals surface area contributed by atoms with Gasteiger partial charge in [-0.25, -0.2) is 9.18 Å². The summed E-state index contributed by atoms with van der Waals surface area (Å²) in [6.07, 6.45) is 2.94. The lowest BCUT2D eigenvalue weighted by Gasteiger charge is -2.48. The number of benzene rings is 3. The number of nitrogens with zero attached hydrogens (tertiary/aromatic N) is 2. The van der Waals surface area contributed by atoms with Crippen LogP contribution in [0.4, 0.5) is 9.18 Å². The van der Waals surface area contributed by atoms with Crippen molar-refractivity contribution in [1.29, 1.82) is 0 Å². The summed E-state index contributed by atoms with van der Waals surface area (Å²) in [6.45, 7) is 11.3. The standard InChI is InChI=1S/C41H47Cl3FN3O4/c1-25-6-7-26(2)37(27(25)3)51-21-19-29-8-12-30(13-9-29)34-22-33-23-46-24-35(48(33)39(50)52-40(4,5)41(42,43)44)36(34)38(49)47(32-16-17-32)20-18-28-10-14-31(45)15-11-28/h6-15,32-33,35,46H,16-24H2,1-5H3. The Morgan fingerprint density at radius 1 is 0.904 bits per heavy atom. The number of carbonyl (C=O) groups is 2. The molecule has 2 unspecified atom stereocenters. The second kappa shape index (κ2) is 15.6. The highest BCUT2D eigenvalue weighted by Crippen LogP contribution is 2.43. The van der Waals surface area contributed by atoms with Crippen LogP contribution in [-0.2, 0) is 22.4 Å². The van der Waals surface area contributed by atoms with Crippen LogP contribution in [0, 0.1) is 26.6 Å². The number of halogens is 4. The number of fused-ring (bicyclic) bond motifs is 2. The fraction of sp³-hybridized carbons (Fsp3) is 0.463. The average Bonchev–Trinajstić information content (AvgIpc) is 3.93. The number of alkyl halides is 3. The molecule has 3 aromatic carbocycles. The number of hydrogen-bond acceptors (Lipinski definition) is 5. The monoisotopic (exact) mass is 769 g/mol. The number of ether oxygens (including phenoxy) is 2. The summed E-state index contributed by atoms with van der Waals surface area (Å²) in [4.78, 5) is 32.5. The predicted octanol–water partition coefficient (Wildman–Crippen LogP) is 8.69. The number of piperazine rings is 1. The molecule has 1 saturated heterocycles. The van der Waals surface area contributed by atoms with Gasteiger partial charge < -0.3 is 19.7 Å². The van der Waals surface area contributed by atoms with Crippen LogP contribution < -0.4 is 10.1 Å². The van der Waals surface area contributed by atoms with Crippen LogP contribution in [0.15, 0.2) is 66.2 Å². The lowest BCUT2D eigenvalue weighted by Crippen LogP contribution is -2.64. The molecule has 0 radical (unpaired) electrons. The van der Waals surface area contributed by atoms with Crippen LogP contribution in [-0.4, -0.2) is 75.6 Å². The summed E-state index contributed by atoms with van der Waals surface area (Å²) >= 11 is 18.6. The van der Waals surface area contributed by atoms with Crippen molar-refractivity contribution >= 4 is 52.4 Å². The zero-order valence-electron chi connectivity index (χ0n) is 30.4. The van der Waals surface area contributed by atoms with Crippen molar-refractivity contribution in [2.75, 3.05) is 26.2 Å². The Morgan fingerprint density at radius 2 is 1.54 bits per heavy atom. The van der Waals surface area contributed by atoms with Crippen LogP contribution in [0.2, 0.25) is 0 Å². The first kappa shape index (κ1) is 38.4. The van der Waals surface area contributed by atoms with E-state index in [1.54, 1.807) is 30.9 Å². The van der Waals surface area contributed by atoms with E-state index in [-0.39, 0.29) is 23.8 Å². The van der Waals surface area contributed by atoms with E-state index in [2.05, 4.69) is 62.5 Å². The summed E-state index contributed by atoms with van der Waals surface area (Å²) in [5.41, 5.74) is 6.56. The first-order valence-corrected chi connectivity index (χ1v) is 19.1. The summed E-state index contributed by atoms with van der Waals surface area (Å²) in [5, 5.41) is 3.44. The highest BCUT2D eigenvalue weighted by Gasteiger charge is 2.50. The van der Waals surface area contributed by atoms with Crippen molar-refractivity contribution in [3.05, 3.63) is 105 Å². The van der Waals surface area contributed by atoms with Gasteiger partial charge in [-0.15, -0.1) is 0 Å². The van der Waals surface area contributed by atoms with Gasteiger partial charge in [0.15, 0.2) is 5.60 Å². The second-order valence-electron chi connectivity index (χ2n) is 14.8. The third kappa shape index (κ3) is 8.41. The maximum Gasteiger partial charge on any atom is 0.411 e. The minimum Gasteiger partial charge on any atom is -0.493 e. The van der Waals surface area contributed by atoms with E-state index >= 15 is 0 Å². The minimum atomic E-state index is -1.86. The fourth-order valence-electron chi connectivity index (χ4n) is 7.13. The Kier molecular flexibility index (Phi) is 11.5. The Balaban J connectivity index is 1.30. The topological polar surface area (TPSA) is 71.1 Å². The molecule has 2 aliphatic heterocycles. The fourth-order valence-corrected chi connectivity index (χ4v) is 7.24. The molecule has 6 rings (SSSR count). The third-order valence-electron chi connectivity index (χ3n) is 10.6. The lowest BCUT2D eigenvalue weighted by molar-refractivity contribution is -0.128. The number of carbonyl (C=O) groups excluding carboxylic acids is 2. The zero-order valence-corrected chi connectivity index (χ0v) is 32.7. The molecule has 1 N–H and O–H groups in total. The average molecular weight is 771 g/mol. The molecule has 2 amide bonds. The molecule has 278 valence electrons. The Morgan fingerprint density at radius 3 is 2.19 bits per heavy atom. The van der Waals surface area contributed by atoms with Gasteiger partial charge in [0, 0.05) is 37.7 Å². The number of aryl methyl sites for hydroxylation is 2. The highest BCUT2D eigenvalue weighted by molar-refractivity contribution is 6.68. The molecule has 2 fully saturated rings. The molecule has 0 aromatic heterocycles. The largest absolute Gasteiger partial charge is 0.493 e. The van der Waals surface area contributed by atoms with Gasteiger partial charge in [-0.3, -0.25) is 9.69 Å². The molecule has 2 heterocycles. The van der Waals surface area contributed by atoms with E-state index in [0.717, 1.165) is 58.4 Å². The molecule has 52 heavy (non-hydrogen) atoms. The molecule has 1 aliphatic carbocycles. The number of amides is 2. The van der Waals surface area contributed by atoms with Crippen molar-refractivity contribution in [2.24, 2.45) is 0 Å². The molecule has 1 saturated carbocycles. The molecule has 3 aromatic rings. The first-order valence-electron chi connectivity index (χ1n) is 18.0. The molecular formula is C41H47Cl3FN3O4. The molecule has 7 nitrogen and oxygen atoms in total. The van der Waals surface area contributed by atoms with Crippen LogP contribution >= 0.6 is 34.8 Å². The number of hydrogen-bond donors (Lipinski definition) is 1. The normalized spacial score (nSPS) is 19.1. The highest BCUT2D eigenvalue weighted by atomic mass is 35.6. The second-order valence-corrected chi connectivity index (χ2v) is 17.0. The molecular weight excluding hydrogens is 724 g/mol. The van der Waals surface area contributed by atoms with E-state index in [0.29, 0.717) is 44.7 Å². The van der Waals surface area contributed by atoms with Gasteiger partial charge in [-0.2, -0.15) is 0 Å². The van der Waals surface area contributed by atoms with Gasteiger partial charge in [0.05, 0.1) is 18.7 Å². The van der Waals surface area contributed by atoms with E-state index < -0.39 is 21.5 Å². The Hall–Kier alpha value is -3.30. The van der Waals surface area contributed by atoms with Crippen LogP contribution in [0.5, 0.6) is 5.75 Å².